The highest BCUT2D eigenvalue weighted by molar-refractivity contribution is 5.41. The Balaban J connectivity index is 2.77. The second kappa shape index (κ2) is 9.00. The first kappa shape index (κ1) is 17.9. The average molecular weight is 292 g/mol. The average Bonchev–Trinajstić information content (AvgIpc) is 2.41. The molecular weight excluding hydrogens is 260 g/mol. The van der Waals surface area contributed by atoms with Gasteiger partial charge in [-0.25, -0.2) is 4.98 Å². The van der Waals surface area contributed by atoms with Gasteiger partial charge in [-0.15, -0.1) is 0 Å². The smallest absolute Gasteiger partial charge is 0.128 e. The van der Waals surface area contributed by atoms with E-state index in [1.54, 1.807) is 0 Å². The van der Waals surface area contributed by atoms with E-state index in [0.717, 1.165) is 44.1 Å². The van der Waals surface area contributed by atoms with Crippen LogP contribution in [0, 0.1) is 6.92 Å². The van der Waals surface area contributed by atoms with Crippen LogP contribution in [0.3, 0.4) is 0 Å². The number of nitrogens with one attached hydrogen (secondary N) is 1. The summed E-state index contributed by atoms with van der Waals surface area (Å²) < 4.78 is 0. The van der Waals surface area contributed by atoms with Crippen molar-refractivity contribution in [3.05, 3.63) is 23.4 Å². The number of anilines is 1. The SMILES string of the molecule is CCCN(CCN(C)C)c1ccc(CNC(C)C)c(C)n1. The van der Waals surface area contributed by atoms with Crippen LogP contribution in [-0.2, 0) is 6.54 Å². The minimum Gasteiger partial charge on any atom is -0.355 e. The maximum absolute atomic E-state index is 4.82. The van der Waals surface area contributed by atoms with E-state index in [1.807, 2.05) is 0 Å². The normalized spacial score (nSPS) is 11.4. The third-order valence-electron chi connectivity index (χ3n) is 3.52. The molecule has 1 heterocycles. The third kappa shape index (κ3) is 6.44. The van der Waals surface area contributed by atoms with Crippen LogP contribution in [0.15, 0.2) is 12.1 Å². The largest absolute Gasteiger partial charge is 0.355 e. The van der Waals surface area contributed by atoms with Gasteiger partial charge in [-0.3, -0.25) is 0 Å². The molecule has 0 saturated carbocycles. The van der Waals surface area contributed by atoms with Crippen molar-refractivity contribution in [1.29, 1.82) is 0 Å². The lowest BCUT2D eigenvalue weighted by Gasteiger charge is -2.25. The van der Waals surface area contributed by atoms with Crippen LogP contribution in [0.2, 0.25) is 0 Å². The van der Waals surface area contributed by atoms with Crippen LogP contribution in [0.25, 0.3) is 0 Å². The number of aromatic nitrogens is 1. The van der Waals surface area contributed by atoms with Gasteiger partial charge in [0, 0.05) is 37.9 Å². The summed E-state index contributed by atoms with van der Waals surface area (Å²) >= 11 is 0. The number of hydrogen-bond acceptors (Lipinski definition) is 4. The second-order valence-electron chi connectivity index (χ2n) is 6.24. The zero-order valence-electron chi connectivity index (χ0n) is 14.6. The number of hydrogen-bond donors (Lipinski definition) is 1. The van der Waals surface area contributed by atoms with Crippen molar-refractivity contribution in [2.45, 2.75) is 46.7 Å². The fourth-order valence-corrected chi connectivity index (χ4v) is 2.19. The molecule has 21 heavy (non-hydrogen) atoms. The molecule has 120 valence electrons. The lowest BCUT2D eigenvalue weighted by molar-refractivity contribution is 0.412. The lowest BCUT2D eigenvalue weighted by Crippen LogP contribution is -2.33. The van der Waals surface area contributed by atoms with Gasteiger partial charge in [-0.1, -0.05) is 26.8 Å². The van der Waals surface area contributed by atoms with Gasteiger partial charge in [-0.2, -0.15) is 0 Å². The first-order chi connectivity index (χ1) is 9.93. The third-order valence-corrected chi connectivity index (χ3v) is 3.52. The molecule has 0 saturated heterocycles. The Hall–Kier alpha value is -1.13. The van der Waals surface area contributed by atoms with Gasteiger partial charge < -0.3 is 15.1 Å². The van der Waals surface area contributed by atoms with Crippen LogP contribution >= 0.6 is 0 Å². The maximum atomic E-state index is 4.82. The Labute approximate surface area is 130 Å². The maximum Gasteiger partial charge on any atom is 0.128 e. The summed E-state index contributed by atoms with van der Waals surface area (Å²) in [6.07, 6.45) is 1.14. The molecule has 0 aliphatic heterocycles. The van der Waals surface area contributed by atoms with Gasteiger partial charge in [0.1, 0.15) is 5.82 Å². The zero-order valence-corrected chi connectivity index (χ0v) is 14.6. The molecule has 0 atom stereocenters. The second-order valence-corrected chi connectivity index (χ2v) is 6.24. The molecule has 4 nitrogen and oxygen atoms in total. The van der Waals surface area contributed by atoms with Gasteiger partial charge in [-0.05, 0) is 39.1 Å². The van der Waals surface area contributed by atoms with Crippen LogP contribution in [-0.4, -0.2) is 49.7 Å². The molecule has 0 fully saturated rings. The van der Waals surface area contributed by atoms with E-state index in [1.165, 1.54) is 5.56 Å². The number of likely N-dealkylation sites (N-methyl/N-ethyl adjacent to an activating group) is 1. The number of aryl methyl sites for hydroxylation is 1. The van der Waals surface area contributed by atoms with E-state index in [-0.39, 0.29) is 0 Å². The molecule has 0 spiro atoms. The van der Waals surface area contributed by atoms with Crippen LogP contribution in [0.1, 0.15) is 38.4 Å². The molecule has 1 aromatic heterocycles. The van der Waals surface area contributed by atoms with Gasteiger partial charge in [0.2, 0.25) is 0 Å². The fourth-order valence-electron chi connectivity index (χ4n) is 2.19. The monoisotopic (exact) mass is 292 g/mol. The van der Waals surface area contributed by atoms with E-state index in [9.17, 15) is 0 Å². The van der Waals surface area contributed by atoms with Crippen molar-refractivity contribution in [2.24, 2.45) is 0 Å². The van der Waals surface area contributed by atoms with E-state index < -0.39 is 0 Å². The minimum atomic E-state index is 0.501. The van der Waals surface area contributed by atoms with Crippen molar-refractivity contribution in [3.63, 3.8) is 0 Å². The first-order valence-electron chi connectivity index (χ1n) is 8.03. The Kier molecular flexibility index (Phi) is 7.68. The van der Waals surface area contributed by atoms with E-state index >= 15 is 0 Å². The Morgan fingerprint density at radius 3 is 2.38 bits per heavy atom. The molecule has 0 unspecified atom stereocenters. The summed E-state index contributed by atoms with van der Waals surface area (Å²) in [7, 11) is 4.23. The summed E-state index contributed by atoms with van der Waals surface area (Å²) in [5.74, 6) is 1.10. The standard InChI is InChI=1S/C17H32N4/c1-7-10-21(12-11-20(5)6)17-9-8-16(15(4)19-17)13-18-14(2)3/h8-9,14,18H,7,10-13H2,1-6H3. The predicted molar refractivity (Wildman–Crippen MR) is 92.0 cm³/mol. The van der Waals surface area contributed by atoms with Crippen LogP contribution in [0.5, 0.6) is 0 Å². The quantitative estimate of drug-likeness (QED) is 0.758. The molecule has 0 aliphatic carbocycles. The number of pyridine rings is 1. The molecule has 1 N–H and O–H groups in total. The number of nitrogens with zero attached hydrogens (tertiary/aromatic N) is 3. The Morgan fingerprint density at radius 1 is 1.14 bits per heavy atom. The van der Waals surface area contributed by atoms with Crippen LogP contribution in [0.4, 0.5) is 5.82 Å². The molecule has 0 aliphatic rings. The highest BCUT2D eigenvalue weighted by Gasteiger charge is 2.09. The van der Waals surface area contributed by atoms with E-state index in [2.05, 4.69) is 69.0 Å². The minimum absolute atomic E-state index is 0.501. The fraction of sp³-hybridized carbons (Fsp3) is 0.706. The van der Waals surface area contributed by atoms with Gasteiger partial charge in [0.15, 0.2) is 0 Å². The van der Waals surface area contributed by atoms with E-state index in [4.69, 9.17) is 4.98 Å². The summed E-state index contributed by atoms with van der Waals surface area (Å²) in [4.78, 5) is 9.42. The Morgan fingerprint density at radius 2 is 1.86 bits per heavy atom. The topological polar surface area (TPSA) is 31.4 Å². The van der Waals surface area contributed by atoms with Gasteiger partial charge in [0.05, 0.1) is 0 Å². The molecule has 4 heteroatoms. The summed E-state index contributed by atoms with van der Waals surface area (Å²) in [5, 5.41) is 3.46. The molecule has 0 amide bonds. The predicted octanol–water partition coefficient (Wildman–Crippen LogP) is 2.67. The number of rotatable bonds is 9. The molecule has 1 aromatic rings. The van der Waals surface area contributed by atoms with Gasteiger partial charge in [0.25, 0.3) is 0 Å². The summed E-state index contributed by atoms with van der Waals surface area (Å²) in [6, 6.07) is 4.88. The van der Waals surface area contributed by atoms with Crippen molar-refractivity contribution >= 4 is 5.82 Å². The highest BCUT2D eigenvalue weighted by atomic mass is 15.2. The molecule has 0 radical (unpaired) electrons. The van der Waals surface area contributed by atoms with Crippen molar-refractivity contribution < 1.29 is 0 Å². The first-order valence-corrected chi connectivity index (χ1v) is 8.03. The lowest BCUT2D eigenvalue weighted by atomic mass is 10.2. The van der Waals surface area contributed by atoms with Crippen molar-refractivity contribution in [3.8, 4) is 0 Å². The zero-order chi connectivity index (χ0) is 15.8. The van der Waals surface area contributed by atoms with E-state index in [0.29, 0.717) is 6.04 Å². The Bertz CT molecular complexity index is 415. The van der Waals surface area contributed by atoms with Crippen LogP contribution < -0.4 is 10.2 Å². The summed E-state index contributed by atoms with van der Waals surface area (Å²) in [5.41, 5.74) is 2.42. The molecular formula is C17H32N4. The summed E-state index contributed by atoms with van der Waals surface area (Å²) in [6.45, 7) is 12.7. The molecule has 1 rings (SSSR count). The van der Waals surface area contributed by atoms with Crippen molar-refractivity contribution in [1.82, 2.24) is 15.2 Å². The highest BCUT2D eigenvalue weighted by Crippen LogP contribution is 2.15. The van der Waals surface area contributed by atoms with Crippen molar-refractivity contribution in [2.75, 3.05) is 38.6 Å². The molecule has 0 bridgehead atoms. The molecule has 0 aromatic carbocycles. The van der Waals surface area contributed by atoms with Gasteiger partial charge >= 0.3 is 0 Å².